The standard InChI is InChI=1S/C13H24N4O/c1-10(2)8-17-13(15-9-16-17)7-12(18)6-4-5-11(3)14/h9-11H,4-8,14H2,1-3H3. The first kappa shape index (κ1) is 14.8. The normalized spacial score (nSPS) is 12.9. The van der Waals surface area contributed by atoms with Crippen LogP contribution in [0.15, 0.2) is 6.33 Å². The van der Waals surface area contributed by atoms with E-state index in [4.69, 9.17) is 5.73 Å². The van der Waals surface area contributed by atoms with Crippen molar-refractivity contribution in [1.29, 1.82) is 0 Å². The molecule has 18 heavy (non-hydrogen) atoms. The van der Waals surface area contributed by atoms with Crippen LogP contribution in [0, 0.1) is 5.92 Å². The molecule has 0 aliphatic rings. The van der Waals surface area contributed by atoms with Gasteiger partial charge in [-0.1, -0.05) is 13.8 Å². The summed E-state index contributed by atoms with van der Waals surface area (Å²) in [6.45, 7) is 7.01. The lowest BCUT2D eigenvalue weighted by Crippen LogP contribution is -2.16. The Labute approximate surface area is 109 Å². The number of rotatable bonds is 8. The van der Waals surface area contributed by atoms with E-state index in [0.717, 1.165) is 25.2 Å². The van der Waals surface area contributed by atoms with Gasteiger partial charge in [-0.15, -0.1) is 0 Å². The van der Waals surface area contributed by atoms with E-state index >= 15 is 0 Å². The molecule has 1 rings (SSSR count). The molecule has 0 saturated carbocycles. The van der Waals surface area contributed by atoms with Crippen LogP contribution in [0.3, 0.4) is 0 Å². The van der Waals surface area contributed by atoms with Crippen molar-refractivity contribution in [2.75, 3.05) is 0 Å². The quantitative estimate of drug-likeness (QED) is 0.762. The number of nitrogens with two attached hydrogens (primary N) is 1. The van der Waals surface area contributed by atoms with Crippen LogP contribution in [-0.2, 0) is 17.8 Å². The van der Waals surface area contributed by atoms with Crippen LogP contribution >= 0.6 is 0 Å². The molecule has 1 unspecified atom stereocenters. The van der Waals surface area contributed by atoms with Crippen molar-refractivity contribution >= 4 is 5.78 Å². The Hall–Kier alpha value is -1.23. The number of carbonyl (C=O) groups is 1. The summed E-state index contributed by atoms with van der Waals surface area (Å²) in [6, 6.07) is 0.169. The van der Waals surface area contributed by atoms with Gasteiger partial charge in [0.05, 0.1) is 6.42 Å². The van der Waals surface area contributed by atoms with Gasteiger partial charge < -0.3 is 5.73 Å². The average molecular weight is 252 g/mol. The molecule has 0 bridgehead atoms. The van der Waals surface area contributed by atoms with Crippen LogP contribution in [0.25, 0.3) is 0 Å². The Kier molecular flexibility index (Phi) is 5.98. The SMILES string of the molecule is CC(C)Cn1ncnc1CC(=O)CCCC(C)N. The van der Waals surface area contributed by atoms with Gasteiger partial charge in [0.15, 0.2) is 0 Å². The zero-order chi connectivity index (χ0) is 13.5. The lowest BCUT2D eigenvalue weighted by Gasteiger charge is -2.08. The first-order valence-corrected chi connectivity index (χ1v) is 6.63. The fourth-order valence-electron chi connectivity index (χ4n) is 1.81. The summed E-state index contributed by atoms with van der Waals surface area (Å²) < 4.78 is 1.83. The predicted octanol–water partition coefficient (Wildman–Crippen LogP) is 1.56. The van der Waals surface area contributed by atoms with Gasteiger partial charge in [-0.3, -0.25) is 4.79 Å². The second-order valence-corrected chi connectivity index (χ2v) is 5.34. The van der Waals surface area contributed by atoms with E-state index in [1.165, 1.54) is 6.33 Å². The van der Waals surface area contributed by atoms with Crippen LogP contribution in [0.2, 0.25) is 0 Å². The fraction of sp³-hybridized carbons (Fsp3) is 0.769. The smallest absolute Gasteiger partial charge is 0.140 e. The topological polar surface area (TPSA) is 73.8 Å². The van der Waals surface area contributed by atoms with E-state index in [2.05, 4.69) is 23.9 Å². The van der Waals surface area contributed by atoms with Crippen molar-refractivity contribution in [3.63, 3.8) is 0 Å². The highest BCUT2D eigenvalue weighted by atomic mass is 16.1. The minimum atomic E-state index is 0.169. The monoisotopic (exact) mass is 252 g/mol. The second-order valence-electron chi connectivity index (χ2n) is 5.34. The Balaban J connectivity index is 2.42. The molecule has 0 aliphatic carbocycles. The van der Waals surface area contributed by atoms with E-state index in [0.29, 0.717) is 18.8 Å². The molecule has 5 nitrogen and oxygen atoms in total. The van der Waals surface area contributed by atoms with Crippen molar-refractivity contribution < 1.29 is 4.79 Å². The van der Waals surface area contributed by atoms with Gasteiger partial charge in [0, 0.05) is 19.0 Å². The summed E-state index contributed by atoms with van der Waals surface area (Å²) in [7, 11) is 0. The van der Waals surface area contributed by atoms with Crippen LogP contribution in [0.4, 0.5) is 0 Å². The lowest BCUT2D eigenvalue weighted by molar-refractivity contribution is -0.118. The summed E-state index contributed by atoms with van der Waals surface area (Å²) in [5, 5.41) is 4.15. The number of hydrogen-bond donors (Lipinski definition) is 1. The van der Waals surface area contributed by atoms with Crippen molar-refractivity contribution in [3.8, 4) is 0 Å². The minimum absolute atomic E-state index is 0.169. The largest absolute Gasteiger partial charge is 0.328 e. The molecular formula is C13H24N4O. The van der Waals surface area contributed by atoms with Gasteiger partial charge in [-0.25, -0.2) is 9.67 Å². The molecule has 1 heterocycles. The van der Waals surface area contributed by atoms with Gasteiger partial charge in [0.2, 0.25) is 0 Å². The summed E-state index contributed by atoms with van der Waals surface area (Å²) >= 11 is 0. The third-order valence-corrected chi connectivity index (χ3v) is 2.70. The number of ketones is 1. The highest BCUT2D eigenvalue weighted by molar-refractivity contribution is 5.80. The number of hydrogen-bond acceptors (Lipinski definition) is 4. The number of carbonyl (C=O) groups excluding carboxylic acids is 1. The van der Waals surface area contributed by atoms with E-state index in [1.54, 1.807) is 0 Å². The molecule has 1 aromatic rings. The number of nitrogens with zero attached hydrogens (tertiary/aromatic N) is 3. The predicted molar refractivity (Wildman–Crippen MR) is 71.1 cm³/mol. The van der Waals surface area contributed by atoms with Crippen LogP contribution in [-0.4, -0.2) is 26.6 Å². The summed E-state index contributed by atoms with van der Waals surface area (Å²) in [4.78, 5) is 16.0. The van der Waals surface area contributed by atoms with Gasteiger partial charge in [-0.2, -0.15) is 5.10 Å². The summed E-state index contributed by atoms with van der Waals surface area (Å²) in [5.41, 5.74) is 5.66. The van der Waals surface area contributed by atoms with Crippen LogP contribution in [0.1, 0.15) is 45.9 Å². The van der Waals surface area contributed by atoms with Crippen LogP contribution in [0.5, 0.6) is 0 Å². The maximum absolute atomic E-state index is 11.8. The molecule has 0 spiro atoms. The molecule has 2 N–H and O–H groups in total. The molecule has 1 aromatic heterocycles. The van der Waals surface area contributed by atoms with Gasteiger partial charge in [0.1, 0.15) is 17.9 Å². The molecule has 0 saturated heterocycles. The lowest BCUT2D eigenvalue weighted by atomic mass is 10.1. The van der Waals surface area contributed by atoms with E-state index in [-0.39, 0.29) is 11.8 Å². The fourth-order valence-corrected chi connectivity index (χ4v) is 1.81. The third kappa shape index (κ3) is 5.40. The Morgan fingerprint density at radius 1 is 1.44 bits per heavy atom. The van der Waals surface area contributed by atoms with Gasteiger partial charge in [-0.05, 0) is 25.7 Å². The highest BCUT2D eigenvalue weighted by Gasteiger charge is 2.11. The molecule has 0 amide bonds. The molecule has 1 atom stereocenters. The van der Waals surface area contributed by atoms with Crippen molar-refractivity contribution in [2.24, 2.45) is 11.7 Å². The maximum Gasteiger partial charge on any atom is 0.140 e. The zero-order valence-corrected chi connectivity index (χ0v) is 11.6. The molecule has 0 aromatic carbocycles. The van der Waals surface area contributed by atoms with E-state index < -0.39 is 0 Å². The van der Waals surface area contributed by atoms with E-state index in [9.17, 15) is 4.79 Å². The van der Waals surface area contributed by atoms with Gasteiger partial charge in [0.25, 0.3) is 0 Å². The minimum Gasteiger partial charge on any atom is -0.328 e. The highest BCUT2D eigenvalue weighted by Crippen LogP contribution is 2.06. The molecular weight excluding hydrogens is 228 g/mol. The second kappa shape index (κ2) is 7.26. The Morgan fingerprint density at radius 2 is 2.17 bits per heavy atom. The summed E-state index contributed by atoms with van der Waals surface area (Å²) in [6.07, 6.45) is 4.23. The number of Topliss-reactive ketones (excluding diaryl/α,β-unsaturated/α-hetero) is 1. The zero-order valence-electron chi connectivity index (χ0n) is 11.6. The Morgan fingerprint density at radius 3 is 2.78 bits per heavy atom. The van der Waals surface area contributed by atoms with Crippen molar-refractivity contribution in [1.82, 2.24) is 14.8 Å². The Bertz CT molecular complexity index is 371. The van der Waals surface area contributed by atoms with Crippen molar-refractivity contribution in [2.45, 2.75) is 59.0 Å². The molecule has 0 aliphatic heterocycles. The number of aromatic nitrogens is 3. The molecule has 102 valence electrons. The average Bonchev–Trinajstić information content (AvgIpc) is 2.64. The summed E-state index contributed by atoms with van der Waals surface area (Å²) in [5.74, 6) is 1.49. The van der Waals surface area contributed by atoms with Crippen LogP contribution < -0.4 is 5.73 Å². The first-order valence-electron chi connectivity index (χ1n) is 6.63. The van der Waals surface area contributed by atoms with Crippen molar-refractivity contribution in [3.05, 3.63) is 12.2 Å². The first-order chi connectivity index (χ1) is 8.49. The molecule has 0 radical (unpaired) electrons. The maximum atomic E-state index is 11.8. The van der Waals surface area contributed by atoms with Gasteiger partial charge >= 0.3 is 0 Å². The van der Waals surface area contributed by atoms with E-state index in [1.807, 2.05) is 11.6 Å². The molecule has 5 heteroatoms. The third-order valence-electron chi connectivity index (χ3n) is 2.70. The molecule has 0 fully saturated rings.